The van der Waals surface area contributed by atoms with Crippen molar-refractivity contribution in [3.63, 3.8) is 0 Å². The molecule has 1 saturated heterocycles. The number of esters is 1. The second-order valence-electron chi connectivity index (χ2n) is 16.3. The fourth-order valence-electron chi connectivity index (χ4n) is 12.1. The van der Waals surface area contributed by atoms with E-state index in [2.05, 4.69) is 69.3 Å². The maximum Gasteiger partial charge on any atom is 0.309 e. The van der Waals surface area contributed by atoms with E-state index in [-0.39, 0.29) is 56.9 Å². The minimum atomic E-state index is -0.384. The Morgan fingerprint density at radius 2 is 1.93 bits per heavy atom. The van der Waals surface area contributed by atoms with E-state index in [1.165, 1.54) is 18.2 Å². The lowest BCUT2D eigenvalue weighted by molar-refractivity contribution is -0.171. The molecule has 5 heteroatoms. The summed E-state index contributed by atoms with van der Waals surface area (Å²) in [5.74, 6) is 1.73. The third-order valence-electron chi connectivity index (χ3n) is 14.5. The number of carbonyl (C=O) groups is 2. The zero-order valence-electron chi connectivity index (χ0n) is 27.6. The fourth-order valence-corrected chi connectivity index (χ4v) is 12.1. The van der Waals surface area contributed by atoms with Gasteiger partial charge < -0.3 is 13.9 Å². The largest absolute Gasteiger partial charge is 0.469 e. The Hall–Kier alpha value is -2.92. The van der Waals surface area contributed by atoms with E-state index in [0.717, 1.165) is 49.8 Å². The number of ether oxygens (including phenoxy) is 2. The number of fused-ring (bicyclic) bond motifs is 5. The van der Waals surface area contributed by atoms with Crippen molar-refractivity contribution in [2.24, 2.45) is 50.7 Å². The summed E-state index contributed by atoms with van der Waals surface area (Å²) < 4.78 is 17.7. The average molecular weight is 609 g/mol. The van der Waals surface area contributed by atoms with Crippen molar-refractivity contribution in [1.29, 1.82) is 0 Å². The summed E-state index contributed by atoms with van der Waals surface area (Å²) in [5.41, 5.74) is 3.27. The summed E-state index contributed by atoms with van der Waals surface area (Å²) in [7, 11) is 1.49. The zero-order chi connectivity index (χ0) is 31.4. The first kappa shape index (κ1) is 29.5. The van der Waals surface area contributed by atoms with Gasteiger partial charge >= 0.3 is 5.97 Å². The first-order valence-corrected chi connectivity index (χ1v) is 17.2. The Kier molecular flexibility index (Phi) is 6.42. The molecule has 1 aromatic heterocycles. The van der Waals surface area contributed by atoms with Crippen LogP contribution in [0, 0.1) is 57.7 Å². The summed E-state index contributed by atoms with van der Waals surface area (Å²) in [4.78, 5) is 27.8. The molecule has 3 unspecified atom stereocenters. The second-order valence-corrected chi connectivity index (χ2v) is 16.3. The summed E-state index contributed by atoms with van der Waals surface area (Å²) in [6.07, 6.45) is 16.5. The van der Waals surface area contributed by atoms with E-state index < -0.39 is 0 Å². The highest BCUT2D eigenvalue weighted by Crippen LogP contribution is 2.88. The first-order chi connectivity index (χ1) is 21.5. The number of rotatable bonds is 6. The Morgan fingerprint density at radius 1 is 1.13 bits per heavy atom. The van der Waals surface area contributed by atoms with E-state index in [4.69, 9.17) is 13.9 Å². The first-order valence-electron chi connectivity index (χ1n) is 17.2. The summed E-state index contributed by atoms with van der Waals surface area (Å²) in [5, 5.41) is 0. The van der Waals surface area contributed by atoms with Gasteiger partial charge in [0.2, 0.25) is 0 Å². The molecule has 3 saturated carbocycles. The Balaban J connectivity index is 1.09. The van der Waals surface area contributed by atoms with E-state index in [9.17, 15) is 9.59 Å². The van der Waals surface area contributed by atoms with Crippen LogP contribution in [-0.4, -0.2) is 25.5 Å². The lowest BCUT2D eigenvalue weighted by Crippen LogP contribution is -2.63. The predicted octanol–water partition coefficient (Wildman–Crippen LogP) is 8.38. The zero-order valence-corrected chi connectivity index (χ0v) is 27.6. The monoisotopic (exact) mass is 608 g/mol. The van der Waals surface area contributed by atoms with Crippen molar-refractivity contribution >= 4 is 11.8 Å². The number of aryl methyl sites for hydroxylation is 1. The smallest absolute Gasteiger partial charge is 0.309 e. The molecule has 8 rings (SSSR count). The van der Waals surface area contributed by atoms with Crippen LogP contribution < -0.4 is 0 Å². The lowest BCUT2D eigenvalue weighted by Gasteiger charge is -2.64. The standard InChI is InChI=1S/C40H48O5/c1-25-17-30(44-22-25)19-27(35(42)43-5)18-29-12-16-40-23-39(29,40)15-13-32-36(2)14-11-28-20-31(26-9-7-6-8-10-26)45-24-37(28,3)33(36)21-34(41)38(32,40)4/h6-11,13,15,17,22,27,29,31-33H,12,14,16,18-21,23-24H2,1-5H3/t27?,29-,31-,32+,33+,36+,37-,38-,39?,40?/m0/s1. The minimum Gasteiger partial charge on any atom is -0.469 e. The van der Waals surface area contributed by atoms with Gasteiger partial charge in [-0.05, 0) is 96.6 Å². The third-order valence-corrected chi connectivity index (χ3v) is 14.5. The number of ketones is 1. The summed E-state index contributed by atoms with van der Waals surface area (Å²) in [6, 6.07) is 12.6. The topological polar surface area (TPSA) is 65.7 Å². The second kappa shape index (κ2) is 9.80. The van der Waals surface area contributed by atoms with Crippen molar-refractivity contribution in [3.8, 4) is 0 Å². The number of furan rings is 1. The molecule has 4 fully saturated rings. The SMILES string of the molecule is COC(=O)C(Cc1cc(C)co1)C[C@@H]1CCC23CC12C=C[C@@H]1[C@@]2(C)CC=C4C[C@@H](c5ccccc5)OC[C@]4(C)[C@@H]2CC(=O)[C@]13C. The van der Waals surface area contributed by atoms with Gasteiger partial charge in [0.1, 0.15) is 11.5 Å². The van der Waals surface area contributed by atoms with Gasteiger partial charge in [-0.1, -0.05) is 74.9 Å². The highest BCUT2D eigenvalue weighted by Gasteiger charge is 2.84. The third kappa shape index (κ3) is 3.82. The molecule has 238 valence electrons. The maximum absolute atomic E-state index is 14.8. The van der Waals surface area contributed by atoms with Gasteiger partial charge in [0.25, 0.3) is 0 Å². The highest BCUT2D eigenvalue weighted by molar-refractivity contribution is 5.89. The summed E-state index contributed by atoms with van der Waals surface area (Å²) in [6.45, 7) is 9.87. The Bertz CT molecular complexity index is 1600. The van der Waals surface area contributed by atoms with Crippen LogP contribution in [0.2, 0.25) is 0 Å². The van der Waals surface area contributed by atoms with E-state index >= 15 is 0 Å². The van der Waals surface area contributed by atoms with Crippen LogP contribution in [0.3, 0.4) is 0 Å². The van der Waals surface area contributed by atoms with Crippen molar-refractivity contribution in [1.82, 2.24) is 0 Å². The molecule has 0 N–H and O–H groups in total. The summed E-state index contributed by atoms with van der Waals surface area (Å²) >= 11 is 0. The molecule has 0 radical (unpaired) electrons. The number of carbonyl (C=O) groups excluding carboxylic acids is 2. The molecule has 6 aliphatic rings. The van der Waals surface area contributed by atoms with Gasteiger partial charge in [-0.25, -0.2) is 0 Å². The molecule has 5 aliphatic carbocycles. The molecule has 1 aromatic carbocycles. The van der Waals surface area contributed by atoms with E-state index in [1.807, 2.05) is 13.0 Å². The molecule has 10 atom stereocenters. The molecular weight excluding hydrogens is 560 g/mol. The molecular formula is C40H48O5. The van der Waals surface area contributed by atoms with Crippen LogP contribution in [0.5, 0.6) is 0 Å². The quantitative estimate of drug-likeness (QED) is 0.243. The number of benzene rings is 1. The van der Waals surface area contributed by atoms with Gasteiger partial charge in [-0.3, -0.25) is 9.59 Å². The number of hydrogen-bond donors (Lipinski definition) is 0. The number of allylic oxidation sites excluding steroid dienone is 3. The van der Waals surface area contributed by atoms with Crippen molar-refractivity contribution < 1.29 is 23.5 Å². The number of hydrogen-bond acceptors (Lipinski definition) is 5. The van der Waals surface area contributed by atoms with Gasteiger partial charge in [0, 0.05) is 23.7 Å². The van der Waals surface area contributed by atoms with Crippen molar-refractivity contribution in [3.05, 3.63) is 83.3 Å². The predicted molar refractivity (Wildman–Crippen MR) is 172 cm³/mol. The molecule has 2 heterocycles. The molecule has 45 heavy (non-hydrogen) atoms. The average Bonchev–Trinajstić information content (AvgIpc) is 3.40. The van der Waals surface area contributed by atoms with Crippen molar-refractivity contribution in [2.45, 2.75) is 85.2 Å². The molecule has 2 aromatic rings. The van der Waals surface area contributed by atoms with Gasteiger partial charge in [-0.2, -0.15) is 0 Å². The van der Waals surface area contributed by atoms with E-state index in [1.54, 1.807) is 6.26 Å². The number of methoxy groups -OCH3 is 1. The maximum atomic E-state index is 14.8. The lowest BCUT2D eigenvalue weighted by atomic mass is 9.39. The normalized spacial score (nSPS) is 43.2. The van der Waals surface area contributed by atoms with Gasteiger partial charge in [0.05, 0.1) is 32.0 Å². The molecule has 0 amide bonds. The molecule has 1 aliphatic heterocycles. The minimum absolute atomic E-state index is 0.00111. The fraction of sp³-hybridized carbons (Fsp3) is 0.600. The highest BCUT2D eigenvalue weighted by atomic mass is 16.5. The van der Waals surface area contributed by atoms with Crippen LogP contribution >= 0.6 is 0 Å². The van der Waals surface area contributed by atoms with Gasteiger partial charge in [-0.15, -0.1) is 0 Å². The Labute approximate surface area is 267 Å². The van der Waals surface area contributed by atoms with Crippen LogP contribution in [-0.2, 0) is 25.5 Å². The number of Topliss-reactive ketones (excluding diaryl/α,β-unsaturated/α-hetero) is 1. The molecule has 0 spiro atoms. The molecule has 0 bridgehead atoms. The van der Waals surface area contributed by atoms with Crippen molar-refractivity contribution in [2.75, 3.05) is 13.7 Å². The van der Waals surface area contributed by atoms with Crippen LogP contribution in [0.4, 0.5) is 0 Å². The van der Waals surface area contributed by atoms with Gasteiger partial charge in [0.15, 0.2) is 0 Å². The van der Waals surface area contributed by atoms with Crippen LogP contribution in [0.1, 0.15) is 88.7 Å². The van der Waals surface area contributed by atoms with E-state index in [0.29, 0.717) is 31.1 Å². The Morgan fingerprint density at radius 3 is 2.67 bits per heavy atom. The van der Waals surface area contributed by atoms with Crippen LogP contribution in [0.25, 0.3) is 0 Å². The van der Waals surface area contributed by atoms with Crippen LogP contribution in [0.15, 0.2) is 70.9 Å². The molecule has 5 nitrogen and oxygen atoms in total.